The van der Waals surface area contributed by atoms with Crippen LogP contribution < -0.4 is 10.1 Å². The predicted octanol–water partition coefficient (Wildman–Crippen LogP) is 4.01. The van der Waals surface area contributed by atoms with E-state index >= 15 is 0 Å². The van der Waals surface area contributed by atoms with Crippen molar-refractivity contribution in [3.8, 4) is 17.2 Å². The van der Waals surface area contributed by atoms with Crippen molar-refractivity contribution in [3.05, 3.63) is 59.4 Å². The highest BCUT2D eigenvalue weighted by molar-refractivity contribution is 6.33. The molecule has 0 atom stereocenters. The van der Waals surface area contributed by atoms with Crippen LogP contribution in [0.15, 0.2) is 52.9 Å². The summed E-state index contributed by atoms with van der Waals surface area (Å²) >= 11 is 6.09. The number of benzene rings is 2. The fourth-order valence-corrected chi connectivity index (χ4v) is 2.23. The van der Waals surface area contributed by atoms with Gasteiger partial charge in [-0.2, -0.15) is 0 Å². The zero-order valence-corrected chi connectivity index (χ0v) is 12.7. The molecule has 2 aromatic carbocycles. The molecule has 3 aromatic rings. The van der Waals surface area contributed by atoms with Crippen LogP contribution in [-0.4, -0.2) is 17.3 Å². The molecule has 0 spiro atoms. The molecule has 6 heteroatoms. The molecule has 1 N–H and O–H groups in total. The Labute approximate surface area is 132 Å². The second-order valence-electron chi connectivity index (χ2n) is 4.53. The van der Waals surface area contributed by atoms with Crippen LogP contribution >= 0.6 is 11.6 Å². The molecule has 0 bridgehead atoms. The summed E-state index contributed by atoms with van der Waals surface area (Å²) in [4.78, 5) is 0. The minimum absolute atomic E-state index is 0.395. The highest BCUT2D eigenvalue weighted by Crippen LogP contribution is 2.28. The number of hydrogen-bond donors (Lipinski definition) is 1. The molecule has 1 heterocycles. The molecular weight excluding hydrogens is 302 g/mol. The lowest BCUT2D eigenvalue weighted by atomic mass is 10.2. The highest BCUT2D eigenvalue weighted by Gasteiger charge is 2.12. The van der Waals surface area contributed by atoms with Crippen molar-refractivity contribution < 1.29 is 9.15 Å². The number of anilines is 1. The van der Waals surface area contributed by atoms with Gasteiger partial charge in [0.05, 0.1) is 29.9 Å². The number of aromatic nitrogens is 2. The van der Waals surface area contributed by atoms with Gasteiger partial charge in [0.15, 0.2) is 0 Å². The third-order valence-electron chi connectivity index (χ3n) is 3.11. The number of ether oxygens (including phenoxy) is 1. The number of rotatable bonds is 5. The number of para-hydroxylation sites is 2. The number of hydrogen-bond acceptors (Lipinski definition) is 5. The van der Waals surface area contributed by atoms with Crippen LogP contribution in [0.4, 0.5) is 5.69 Å². The molecule has 0 aliphatic rings. The first kappa shape index (κ1) is 14.4. The molecule has 0 unspecified atom stereocenters. The van der Waals surface area contributed by atoms with Crippen molar-refractivity contribution in [2.45, 2.75) is 6.54 Å². The summed E-state index contributed by atoms with van der Waals surface area (Å²) in [5.74, 6) is 1.59. The molecule has 0 aliphatic heterocycles. The molecule has 0 saturated carbocycles. The minimum Gasteiger partial charge on any atom is -0.496 e. The average Bonchev–Trinajstić information content (AvgIpc) is 3.03. The largest absolute Gasteiger partial charge is 0.496 e. The fraction of sp³-hybridized carbons (Fsp3) is 0.125. The van der Waals surface area contributed by atoms with E-state index in [0.29, 0.717) is 29.1 Å². The Kier molecular flexibility index (Phi) is 4.25. The van der Waals surface area contributed by atoms with Crippen LogP contribution in [-0.2, 0) is 6.54 Å². The molecular formula is C16H14ClN3O2. The van der Waals surface area contributed by atoms with Crippen molar-refractivity contribution in [1.29, 1.82) is 0 Å². The second-order valence-corrected chi connectivity index (χ2v) is 4.94. The van der Waals surface area contributed by atoms with Gasteiger partial charge in [0.2, 0.25) is 5.89 Å². The Bertz CT molecular complexity index is 773. The van der Waals surface area contributed by atoms with Crippen LogP contribution in [0.25, 0.3) is 11.5 Å². The summed E-state index contributed by atoms with van der Waals surface area (Å²) in [5.41, 5.74) is 1.59. The van der Waals surface area contributed by atoms with Crippen molar-refractivity contribution in [2.24, 2.45) is 0 Å². The van der Waals surface area contributed by atoms with Gasteiger partial charge in [0, 0.05) is 0 Å². The van der Waals surface area contributed by atoms with E-state index in [0.717, 1.165) is 11.3 Å². The maximum atomic E-state index is 6.09. The molecule has 1 aromatic heterocycles. The molecule has 0 aliphatic carbocycles. The minimum atomic E-state index is 0.395. The van der Waals surface area contributed by atoms with E-state index in [1.54, 1.807) is 7.11 Å². The smallest absolute Gasteiger partial charge is 0.251 e. The van der Waals surface area contributed by atoms with Gasteiger partial charge in [0.25, 0.3) is 5.89 Å². The number of halogens is 1. The first-order valence-corrected chi connectivity index (χ1v) is 7.10. The average molecular weight is 316 g/mol. The van der Waals surface area contributed by atoms with E-state index in [4.69, 9.17) is 20.8 Å². The lowest BCUT2D eigenvalue weighted by molar-refractivity contribution is 0.413. The standard InChI is InChI=1S/C16H14ClN3O2/c1-21-14-9-5-2-6-11(14)16-20-19-15(22-16)10-18-13-8-4-3-7-12(13)17/h2-9,18H,10H2,1H3. The van der Waals surface area contributed by atoms with E-state index in [9.17, 15) is 0 Å². The molecule has 0 saturated heterocycles. The monoisotopic (exact) mass is 315 g/mol. The first-order valence-electron chi connectivity index (χ1n) is 6.72. The Balaban J connectivity index is 1.75. The normalized spacial score (nSPS) is 10.5. The van der Waals surface area contributed by atoms with Gasteiger partial charge in [-0.25, -0.2) is 0 Å². The third kappa shape index (κ3) is 3.04. The molecule has 5 nitrogen and oxygen atoms in total. The zero-order valence-electron chi connectivity index (χ0n) is 11.9. The van der Waals surface area contributed by atoms with Crippen molar-refractivity contribution in [1.82, 2.24) is 10.2 Å². The van der Waals surface area contributed by atoms with Crippen LogP contribution in [0.2, 0.25) is 5.02 Å². The lowest BCUT2D eigenvalue weighted by Crippen LogP contribution is -1.99. The third-order valence-corrected chi connectivity index (χ3v) is 3.44. The summed E-state index contributed by atoms with van der Waals surface area (Å²) in [7, 11) is 1.61. The van der Waals surface area contributed by atoms with Crippen LogP contribution in [0.3, 0.4) is 0 Å². The Morgan fingerprint density at radius 2 is 1.86 bits per heavy atom. The van der Waals surface area contributed by atoms with Crippen molar-refractivity contribution >= 4 is 17.3 Å². The SMILES string of the molecule is COc1ccccc1-c1nnc(CNc2ccccc2Cl)o1. The van der Waals surface area contributed by atoms with Crippen LogP contribution in [0, 0.1) is 0 Å². The van der Waals surface area contributed by atoms with Gasteiger partial charge in [-0.15, -0.1) is 10.2 Å². The number of nitrogens with one attached hydrogen (secondary N) is 1. The molecule has 0 radical (unpaired) electrons. The predicted molar refractivity (Wildman–Crippen MR) is 85.1 cm³/mol. The fourth-order valence-electron chi connectivity index (χ4n) is 2.03. The van der Waals surface area contributed by atoms with E-state index < -0.39 is 0 Å². The van der Waals surface area contributed by atoms with Crippen molar-refractivity contribution in [3.63, 3.8) is 0 Å². The lowest BCUT2D eigenvalue weighted by Gasteiger charge is -2.05. The van der Waals surface area contributed by atoms with E-state index in [1.165, 1.54) is 0 Å². The van der Waals surface area contributed by atoms with Gasteiger partial charge in [-0.1, -0.05) is 35.9 Å². The van der Waals surface area contributed by atoms with Crippen LogP contribution in [0.5, 0.6) is 5.75 Å². The van der Waals surface area contributed by atoms with Gasteiger partial charge < -0.3 is 14.5 Å². The van der Waals surface area contributed by atoms with Gasteiger partial charge in [-0.3, -0.25) is 0 Å². The summed E-state index contributed by atoms with van der Waals surface area (Å²) in [6.45, 7) is 0.395. The zero-order chi connectivity index (χ0) is 15.4. The Morgan fingerprint density at radius 1 is 1.09 bits per heavy atom. The molecule has 0 amide bonds. The summed E-state index contributed by atoms with van der Waals surface area (Å²) in [6, 6.07) is 15.0. The molecule has 112 valence electrons. The topological polar surface area (TPSA) is 60.2 Å². The summed E-state index contributed by atoms with van der Waals surface area (Å²) in [5, 5.41) is 11.9. The van der Waals surface area contributed by atoms with E-state index in [1.807, 2.05) is 48.5 Å². The summed E-state index contributed by atoms with van der Waals surface area (Å²) in [6.07, 6.45) is 0. The highest BCUT2D eigenvalue weighted by atomic mass is 35.5. The Hall–Kier alpha value is -2.53. The first-order chi connectivity index (χ1) is 10.8. The number of nitrogens with zero attached hydrogens (tertiary/aromatic N) is 2. The molecule has 0 fully saturated rings. The van der Waals surface area contributed by atoms with Gasteiger partial charge >= 0.3 is 0 Å². The van der Waals surface area contributed by atoms with E-state index in [2.05, 4.69) is 15.5 Å². The number of methoxy groups -OCH3 is 1. The maximum Gasteiger partial charge on any atom is 0.251 e. The second kappa shape index (κ2) is 6.49. The Morgan fingerprint density at radius 3 is 2.68 bits per heavy atom. The molecule has 22 heavy (non-hydrogen) atoms. The van der Waals surface area contributed by atoms with Crippen LogP contribution in [0.1, 0.15) is 5.89 Å². The summed E-state index contributed by atoms with van der Waals surface area (Å²) < 4.78 is 11.0. The van der Waals surface area contributed by atoms with Gasteiger partial charge in [0.1, 0.15) is 5.75 Å². The molecule has 3 rings (SSSR count). The van der Waals surface area contributed by atoms with Gasteiger partial charge in [-0.05, 0) is 24.3 Å². The maximum absolute atomic E-state index is 6.09. The van der Waals surface area contributed by atoms with E-state index in [-0.39, 0.29) is 0 Å². The van der Waals surface area contributed by atoms with Crippen molar-refractivity contribution in [2.75, 3.05) is 12.4 Å². The quantitative estimate of drug-likeness (QED) is 0.770.